The summed E-state index contributed by atoms with van der Waals surface area (Å²) in [5.41, 5.74) is -0.00300. The average molecular weight is 297 g/mol. The van der Waals surface area contributed by atoms with E-state index in [1.54, 1.807) is 4.57 Å². The lowest BCUT2D eigenvalue weighted by atomic mass is 10.2. The number of carbonyl (C=O) groups is 2. The Morgan fingerprint density at radius 2 is 2.19 bits per heavy atom. The number of nitrogens with one attached hydrogen (secondary N) is 2. The van der Waals surface area contributed by atoms with Crippen LogP contribution in [0.15, 0.2) is 12.5 Å². The second kappa shape index (κ2) is 8.25. The van der Waals surface area contributed by atoms with Crippen LogP contribution in [-0.4, -0.2) is 64.8 Å². The van der Waals surface area contributed by atoms with Crippen LogP contribution in [0.2, 0.25) is 0 Å². The Morgan fingerprint density at radius 1 is 1.48 bits per heavy atom. The highest BCUT2D eigenvalue weighted by Gasteiger charge is 2.08. The van der Waals surface area contributed by atoms with Crippen molar-refractivity contribution in [2.75, 3.05) is 27.2 Å². The number of hydrogen-bond acceptors (Lipinski definition) is 4. The molecule has 0 bridgehead atoms. The number of carboxylic acid groups (broad SMARTS) is 1. The number of carbonyl (C=O) groups excluding carboxylic acids is 1. The first-order chi connectivity index (χ1) is 9.88. The second-order valence-corrected chi connectivity index (χ2v) is 5.20. The van der Waals surface area contributed by atoms with Crippen molar-refractivity contribution in [1.82, 2.24) is 25.1 Å². The van der Waals surface area contributed by atoms with Crippen molar-refractivity contribution >= 4 is 12.0 Å². The fourth-order valence-electron chi connectivity index (χ4n) is 1.69. The zero-order valence-electron chi connectivity index (χ0n) is 12.7. The van der Waals surface area contributed by atoms with Crippen LogP contribution >= 0.6 is 0 Å². The monoisotopic (exact) mass is 297 g/mol. The summed E-state index contributed by atoms with van der Waals surface area (Å²) < 4.78 is 1.62. The molecule has 1 heterocycles. The lowest BCUT2D eigenvalue weighted by Crippen LogP contribution is -2.42. The molecular weight excluding hydrogens is 274 g/mol. The van der Waals surface area contributed by atoms with Gasteiger partial charge in [-0.05, 0) is 34.0 Å². The molecule has 1 aromatic heterocycles. The van der Waals surface area contributed by atoms with Crippen LogP contribution in [0.25, 0.3) is 0 Å². The molecule has 0 aromatic carbocycles. The van der Waals surface area contributed by atoms with Crippen molar-refractivity contribution in [1.29, 1.82) is 0 Å². The first-order valence-corrected chi connectivity index (χ1v) is 6.82. The number of amides is 2. The SMILES string of the molecule is CC(CCN(C)C)NC(=O)NCCn1cnc(C(=O)O)c1. The number of carboxylic acids is 1. The molecule has 0 aliphatic heterocycles. The van der Waals surface area contributed by atoms with Crippen LogP contribution in [0.5, 0.6) is 0 Å². The van der Waals surface area contributed by atoms with Crippen LogP contribution < -0.4 is 10.6 Å². The largest absolute Gasteiger partial charge is 0.476 e. The number of aromatic nitrogens is 2. The minimum atomic E-state index is -1.06. The Labute approximate surface area is 124 Å². The van der Waals surface area contributed by atoms with Gasteiger partial charge in [0.15, 0.2) is 5.69 Å². The maximum absolute atomic E-state index is 11.6. The van der Waals surface area contributed by atoms with E-state index in [4.69, 9.17) is 5.11 Å². The van der Waals surface area contributed by atoms with Crippen molar-refractivity contribution in [2.24, 2.45) is 0 Å². The normalized spacial score (nSPS) is 12.2. The van der Waals surface area contributed by atoms with Crippen LogP contribution in [0, 0.1) is 0 Å². The third kappa shape index (κ3) is 6.75. The molecule has 0 spiro atoms. The minimum Gasteiger partial charge on any atom is -0.476 e. The number of imidazole rings is 1. The maximum Gasteiger partial charge on any atom is 0.356 e. The summed E-state index contributed by atoms with van der Waals surface area (Å²) in [5, 5.41) is 14.3. The first kappa shape index (κ1) is 17.0. The summed E-state index contributed by atoms with van der Waals surface area (Å²) in [6, 6.07) is -0.126. The van der Waals surface area contributed by atoms with Crippen molar-refractivity contribution in [3.63, 3.8) is 0 Å². The summed E-state index contributed by atoms with van der Waals surface area (Å²) in [4.78, 5) is 28.1. The standard InChI is InChI=1S/C13H23N5O3/c1-10(4-6-17(2)3)16-13(21)14-5-7-18-8-11(12(19)20)15-9-18/h8-10H,4-7H2,1-3H3,(H,19,20)(H2,14,16,21). The van der Waals surface area contributed by atoms with Gasteiger partial charge in [0, 0.05) is 25.3 Å². The van der Waals surface area contributed by atoms with Crippen LogP contribution in [0.1, 0.15) is 23.8 Å². The average Bonchev–Trinajstić information content (AvgIpc) is 2.85. The molecule has 21 heavy (non-hydrogen) atoms. The number of urea groups is 1. The Hall–Kier alpha value is -2.09. The Balaban J connectivity index is 2.22. The van der Waals surface area contributed by atoms with Gasteiger partial charge in [0.1, 0.15) is 0 Å². The van der Waals surface area contributed by atoms with Crippen molar-refractivity contribution in [3.8, 4) is 0 Å². The minimum absolute atomic E-state index is 0.00300. The predicted octanol–water partition coefficient (Wildman–Crippen LogP) is 0.221. The molecule has 0 fully saturated rings. The number of aromatic carboxylic acids is 1. The van der Waals surface area contributed by atoms with Gasteiger partial charge in [-0.1, -0.05) is 0 Å². The molecule has 0 saturated carbocycles. The number of nitrogens with zero attached hydrogens (tertiary/aromatic N) is 3. The fraction of sp³-hybridized carbons (Fsp3) is 0.615. The van der Waals surface area contributed by atoms with Gasteiger partial charge in [-0.2, -0.15) is 0 Å². The summed E-state index contributed by atoms with van der Waals surface area (Å²) in [5.74, 6) is -1.06. The molecule has 1 atom stereocenters. The molecule has 2 amide bonds. The van der Waals surface area contributed by atoms with Gasteiger partial charge in [-0.3, -0.25) is 0 Å². The fourth-order valence-corrected chi connectivity index (χ4v) is 1.69. The highest BCUT2D eigenvalue weighted by Crippen LogP contribution is 1.95. The van der Waals surface area contributed by atoms with Gasteiger partial charge < -0.3 is 25.2 Å². The molecule has 8 nitrogen and oxygen atoms in total. The third-order valence-electron chi connectivity index (χ3n) is 2.89. The van der Waals surface area contributed by atoms with Gasteiger partial charge in [-0.15, -0.1) is 0 Å². The van der Waals surface area contributed by atoms with E-state index in [-0.39, 0.29) is 17.8 Å². The molecule has 3 N–H and O–H groups in total. The molecule has 1 unspecified atom stereocenters. The molecule has 0 radical (unpaired) electrons. The maximum atomic E-state index is 11.6. The molecular formula is C13H23N5O3. The smallest absolute Gasteiger partial charge is 0.356 e. The zero-order valence-corrected chi connectivity index (χ0v) is 12.7. The zero-order chi connectivity index (χ0) is 15.8. The summed E-state index contributed by atoms with van der Waals surface area (Å²) in [6.07, 6.45) is 3.74. The second-order valence-electron chi connectivity index (χ2n) is 5.20. The third-order valence-corrected chi connectivity index (χ3v) is 2.89. The van der Waals surface area contributed by atoms with E-state index in [1.165, 1.54) is 12.5 Å². The summed E-state index contributed by atoms with van der Waals surface area (Å²) in [7, 11) is 3.98. The molecule has 0 aliphatic carbocycles. The van der Waals surface area contributed by atoms with Crippen molar-refractivity contribution in [3.05, 3.63) is 18.2 Å². The van der Waals surface area contributed by atoms with E-state index in [2.05, 4.69) is 20.5 Å². The quantitative estimate of drug-likeness (QED) is 0.637. The van der Waals surface area contributed by atoms with E-state index < -0.39 is 5.97 Å². The topological polar surface area (TPSA) is 99.5 Å². The van der Waals surface area contributed by atoms with Crippen molar-refractivity contribution < 1.29 is 14.7 Å². The van der Waals surface area contributed by atoms with Crippen LogP contribution in [0.4, 0.5) is 4.79 Å². The highest BCUT2D eigenvalue weighted by molar-refractivity contribution is 5.84. The Kier molecular flexibility index (Phi) is 6.67. The highest BCUT2D eigenvalue weighted by atomic mass is 16.4. The first-order valence-electron chi connectivity index (χ1n) is 6.82. The van der Waals surface area contributed by atoms with Gasteiger partial charge in [0.25, 0.3) is 0 Å². The van der Waals surface area contributed by atoms with Gasteiger partial charge >= 0.3 is 12.0 Å². The molecule has 8 heteroatoms. The van der Waals surface area contributed by atoms with E-state index in [0.29, 0.717) is 13.1 Å². The predicted molar refractivity (Wildman–Crippen MR) is 78.4 cm³/mol. The lowest BCUT2D eigenvalue weighted by Gasteiger charge is -2.17. The number of rotatable bonds is 8. The number of hydrogen-bond donors (Lipinski definition) is 3. The molecule has 118 valence electrons. The van der Waals surface area contributed by atoms with E-state index in [1.807, 2.05) is 21.0 Å². The molecule has 1 aromatic rings. The Morgan fingerprint density at radius 3 is 2.76 bits per heavy atom. The molecule has 1 rings (SSSR count). The summed E-state index contributed by atoms with van der Waals surface area (Å²) in [6.45, 7) is 3.74. The summed E-state index contributed by atoms with van der Waals surface area (Å²) >= 11 is 0. The van der Waals surface area contributed by atoms with Gasteiger partial charge in [0.2, 0.25) is 0 Å². The van der Waals surface area contributed by atoms with Crippen LogP contribution in [0.3, 0.4) is 0 Å². The van der Waals surface area contributed by atoms with E-state index >= 15 is 0 Å². The van der Waals surface area contributed by atoms with Crippen molar-refractivity contribution in [2.45, 2.75) is 25.9 Å². The van der Waals surface area contributed by atoms with E-state index in [9.17, 15) is 9.59 Å². The Bertz CT molecular complexity index is 472. The molecule has 0 saturated heterocycles. The lowest BCUT2D eigenvalue weighted by molar-refractivity contribution is 0.0691. The van der Waals surface area contributed by atoms with Gasteiger partial charge in [0.05, 0.1) is 6.33 Å². The van der Waals surface area contributed by atoms with Gasteiger partial charge in [-0.25, -0.2) is 14.6 Å². The van der Waals surface area contributed by atoms with E-state index in [0.717, 1.165) is 13.0 Å². The van der Waals surface area contributed by atoms with Crippen LogP contribution in [-0.2, 0) is 6.54 Å². The molecule has 0 aliphatic rings.